The average Bonchev–Trinajstić information content (AvgIpc) is 2.53. The van der Waals surface area contributed by atoms with Crippen LogP contribution in [-0.2, 0) is 6.54 Å². The molecule has 0 atom stereocenters. The van der Waals surface area contributed by atoms with Gasteiger partial charge in [0.05, 0.1) is 0 Å². The van der Waals surface area contributed by atoms with Crippen molar-refractivity contribution >= 4 is 11.5 Å². The number of nitrogens with two attached hydrogens (primary N) is 2. The van der Waals surface area contributed by atoms with E-state index in [0.717, 1.165) is 11.3 Å². The summed E-state index contributed by atoms with van der Waals surface area (Å²) in [6, 6.07) is 9.13. The lowest BCUT2D eigenvalue weighted by Crippen LogP contribution is -2.02. The molecule has 4 nitrogen and oxygen atoms in total. The van der Waals surface area contributed by atoms with Gasteiger partial charge in [0, 0.05) is 18.4 Å². The van der Waals surface area contributed by atoms with Crippen molar-refractivity contribution in [3.8, 4) is 5.75 Å². The highest BCUT2D eigenvalue weighted by Crippen LogP contribution is 2.21. The molecule has 1 aromatic heterocycles. The highest BCUT2D eigenvalue weighted by Gasteiger charge is 2.03. The van der Waals surface area contributed by atoms with Gasteiger partial charge in [0.25, 0.3) is 0 Å². The van der Waals surface area contributed by atoms with Crippen LogP contribution in [0.4, 0.5) is 11.5 Å². The minimum atomic E-state index is 0.116. The molecular weight excluding hydrogens is 190 g/mol. The van der Waals surface area contributed by atoms with Crippen molar-refractivity contribution in [3.63, 3.8) is 0 Å². The highest BCUT2D eigenvalue weighted by molar-refractivity contribution is 5.47. The van der Waals surface area contributed by atoms with Crippen LogP contribution in [0.3, 0.4) is 0 Å². The zero-order chi connectivity index (χ0) is 10.8. The first-order chi connectivity index (χ1) is 7.16. The molecule has 2 aromatic rings. The van der Waals surface area contributed by atoms with Crippen LogP contribution in [0.2, 0.25) is 0 Å². The van der Waals surface area contributed by atoms with Gasteiger partial charge in [0.15, 0.2) is 5.75 Å². The third kappa shape index (κ3) is 1.88. The van der Waals surface area contributed by atoms with Crippen molar-refractivity contribution in [1.82, 2.24) is 4.57 Å². The Morgan fingerprint density at radius 3 is 2.27 bits per heavy atom. The van der Waals surface area contributed by atoms with Gasteiger partial charge in [-0.25, -0.2) is 0 Å². The SMILES string of the molecule is Nc1ccc(Cn2ccc(O)c2N)cc1. The van der Waals surface area contributed by atoms with E-state index in [1.807, 2.05) is 24.3 Å². The summed E-state index contributed by atoms with van der Waals surface area (Å²) in [5.74, 6) is 0.497. The van der Waals surface area contributed by atoms with E-state index >= 15 is 0 Å². The second-order valence-corrected chi connectivity index (χ2v) is 3.46. The van der Waals surface area contributed by atoms with E-state index in [9.17, 15) is 5.11 Å². The van der Waals surface area contributed by atoms with Gasteiger partial charge in [-0.05, 0) is 23.8 Å². The smallest absolute Gasteiger partial charge is 0.157 e. The molecule has 4 heteroatoms. The maximum absolute atomic E-state index is 9.30. The predicted octanol–water partition coefficient (Wildman–Crippen LogP) is 1.41. The maximum Gasteiger partial charge on any atom is 0.157 e. The Hall–Kier alpha value is -2.10. The summed E-state index contributed by atoms with van der Waals surface area (Å²) >= 11 is 0. The van der Waals surface area contributed by atoms with Crippen LogP contribution in [0.1, 0.15) is 5.56 Å². The molecule has 0 radical (unpaired) electrons. The van der Waals surface area contributed by atoms with Crippen LogP contribution in [0, 0.1) is 0 Å². The second kappa shape index (κ2) is 3.57. The van der Waals surface area contributed by atoms with Gasteiger partial charge >= 0.3 is 0 Å². The van der Waals surface area contributed by atoms with E-state index in [1.165, 1.54) is 0 Å². The van der Waals surface area contributed by atoms with Crippen molar-refractivity contribution < 1.29 is 5.11 Å². The fourth-order valence-corrected chi connectivity index (χ4v) is 1.43. The quantitative estimate of drug-likeness (QED) is 0.646. The fourth-order valence-electron chi connectivity index (χ4n) is 1.43. The van der Waals surface area contributed by atoms with Crippen molar-refractivity contribution in [2.24, 2.45) is 0 Å². The summed E-state index contributed by atoms with van der Waals surface area (Å²) in [7, 11) is 0. The molecule has 5 N–H and O–H groups in total. The molecule has 0 aliphatic rings. The predicted molar refractivity (Wildman–Crippen MR) is 60.5 cm³/mol. The fraction of sp³-hybridized carbons (Fsp3) is 0.0909. The molecule has 0 aliphatic heterocycles. The molecule has 0 amide bonds. The number of rotatable bonds is 2. The van der Waals surface area contributed by atoms with Gasteiger partial charge < -0.3 is 21.1 Å². The van der Waals surface area contributed by atoms with Crippen molar-refractivity contribution in [3.05, 3.63) is 42.1 Å². The van der Waals surface area contributed by atoms with Gasteiger partial charge in [-0.15, -0.1) is 0 Å². The standard InChI is InChI=1S/C11H13N3O/c12-9-3-1-8(2-4-9)7-14-6-5-10(15)11(14)13/h1-6,15H,7,12-13H2. The summed E-state index contributed by atoms with van der Waals surface area (Å²) in [4.78, 5) is 0. The number of benzene rings is 1. The normalized spacial score (nSPS) is 10.4. The Bertz CT molecular complexity index is 459. The maximum atomic E-state index is 9.30. The second-order valence-electron chi connectivity index (χ2n) is 3.46. The zero-order valence-electron chi connectivity index (χ0n) is 8.22. The molecule has 0 spiro atoms. The minimum absolute atomic E-state index is 0.116. The Labute approximate surface area is 87.7 Å². The molecule has 0 bridgehead atoms. The molecule has 0 aliphatic carbocycles. The van der Waals surface area contributed by atoms with Gasteiger partial charge in [-0.3, -0.25) is 0 Å². The van der Waals surface area contributed by atoms with Crippen LogP contribution in [0.5, 0.6) is 5.75 Å². The van der Waals surface area contributed by atoms with Crippen LogP contribution in [0.15, 0.2) is 36.5 Å². The monoisotopic (exact) mass is 203 g/mol. The lowest BCUT2D eigenvalue weighted by atomic mass is 10.2. The van der Waals surface area contributed by atoms with Gasteiger partial charge in [-0.1, -0.05) is 12.1 Å². The zero-order valence-corrected chi connectivity index (χ0v) is 8.22. The van der Waals surface area contributed by atoms with E-state index in [1.54, 1.807) is 16.8 Å². The molecule has 0 unspecified atom stereocenters. The van der Waals surface area contributed by atoms with Crippen molar-refractivity contribution in [1.29, 1.82) is 0 Å². The van der Waals surface area contributed by atoms with Gasteiger partial charge in [0.2, 0.25) is 0 Å². The van der Waals surface area contributed by atoms with E-state index < -0.39 is 0 Å². The van der Waals surface area contributed by atoms with Crippen LogP contribution < -0.4 is 11.5 Å². The number of aromatic nitrogens is 1. The molecule has 78 valence electrons. The molecule has 0 fully saturated rings. The molecule has 0 saturated carbocycles. The Balaban J connectivity index is 2.22. The number of aromatic hydroxyl groups is 1. The Morgan fingerprint density at radius 1 is 1.07 bits per heavy atom. The molecule has 1 aromatic carbocycles. The molecule has 2 rings (SSSR count). The lowest BCUT2D eigenvalue weighted by molar-refractivity contribution is 0.477. The van der Waals surface area contributed by atoms with Crippen LogP contribution in [-0.4, -0.2) is 9.67 Å². The third-order valence-electron chi connectivity index (χ3n) is 2.32. The summed E-state index contributed by atoms with van der Waals surface area (Å²) < 4.78 is 1.78. The Kier molecular flexibility index (Phi) is 2.25. The summed E-state index contributed by atoms with van der Waals surface area (Å²) in [5, 5.41) is 9.30. The van der Waals surface area contributed by atoms with Gasteiger partial charge in [-0.2, -0.15) is 0 Å². The first-order valence-electron chi connectivity index (χ1n) is 4.65. The molecule has 1 heterocycles. The van der Waals surface area contributed by atoms with Gasteiger partial charge in [0.1, 0.15) is 5.82 Å². The number of hydrogen-bond acceptors (Lipinski definition) is 3. The summed E-state index contributed by atoms with van der Waals surface area (Å²) in [6.45, 7) is 0.632. The van der Waals surface area contributed by atoms with E-state index in [4.69, 9.17) is 11.5 Å². The number of nitrogen functional groups attached to an aromatic ring is 2. The topological polar surface area (TPSA) is 77.2 Å². The minimum Gasteiger partial charge on any atom is -0.504 e. The average molecular weight is 203 g/mol. The molecule has 0 saturated heterocycles. The first kappa shape index (κ1) is 9.45. The van der Waals surface area contributed by atoms with E-state index in [0.29, 0.717) is 12.4 Å². The largest absolute Gasteiger partial charge is 0.504 e. The summed E-state index contributed by atoms with van der Waals surface area (Å²) in [5.41, 5.74) is 13.1. The van der Waals surface area contributed by atoms with Crippen LogP contribution in [0.25, 0.3) is 0 Å². The summed E-state index contributed by atoms with van der Waals surface area (Å²) in [6.07, 6.45) is 1.75. The van der Waals surface area contributed by atoms with Crippen LogP contribution >= 0.6 is 0 Å². The number of anilines is 2. The lowest BCUT2D eigenvalue weighted by Gasteiger charge is -2.06. The number of hydrogen-bond donors (Lipinski definition) is 3. The van der Waals surface area contributed by atoms with Crippen molar-refractivity contribution in [2.45, 2.75) is 6.54 Å². The highest BCUT2D eigenvalue weighted by atomic mass is 16.3. The van der Waals surface area contributed by atoms with Crippen molar-refractivity contribution in [2.75, 3.05) is 11.5 Å². The van der Waals surface area contributed by atoms with E-state index in [-0.39, 0.29) is 5.75 Å². The Morgan fingerprint density at radius 2 is 1.73 bits per heavy atom. The molecular formula is C11H13N3O. The number of nitrogens with zero attached hydrogens (tertiary/aromatic N) is 1. The van der Waals surface area contributed by atoms with E-state index in [2.05, 4.69) is 0 Å². The molecule has 15 heavy (non-hydrogen) atoms. The third-order valence-corrected chi connectivity index (χ3v) is 2.32. The first-order valence-corrected chi connectivity index (χ1v) is 4.65.